The number of fused-ring (bicyclic) bond motifs is 1. The lowest BCUT2D eigenvalue weighted by Gasteiger charge is -2.09. The van der Waals surface area contributed by atoms with E-state index < -0.39 is 17.5 Å². The van der Waals surface area contributed by atoms with Gasteiger partial charge in [0.25, 0.3) is 5.91 Å². The molecule has 8 heteroatoms. The maximum absolute atomic E-state index is 12.2. The predicted octanol–water partition coefficient (Wildman–Crippen LogP) is 3.70. The second-order valence-electron chi connectivity index (χ2n) is 7.38. The second kappa shape index (κ2) is 10.5. The molecule has 0 radical (unpaired) electrons. The topological polar surface area (TPSA) is 104 Å². The molecule has 0 spiro atoms. The summed E-state index contributed by atoms with van der Waals surface area (Å²) in [5, 5.41) is 3.21. The predicted molar refractivity (Wildman–Crippen MR) is 118 cm³/mol. The Hall–Kier alpha value is -3.81. The van der Waals surface area contributed by atoms with Gasteiger partial charge < -0.3 is 23.9 Å². The van der Waals surface area contributed by atoms with E-state index in [0.29, 0.717) is 24.2 Å². The standard InChI is InChI=1S/C24H25NO7/c1-15(2)25-23(27)20-13-16-6-7-19(14-21(16)32-24(20)28)31-22(26)5-4-12-30-18-10-8-17(29-3)9-11-18/h6-11,13-15H,4-5,12H2,1-3H3,(H,25,27). The lowest BCUT2D eigenvalue weighted by molar-refractivity contribution is -0.134. The van der Waals surface area contributed by atoms with Crippen molar-refractivity contribution in [1.82, 2.24) is 5.32 Å². The van der Waals surface area contributed by atoms with Gasteiger partial charge in [0.05, 0.1) is 13.7 Å². The molecule has 168 valence electrons. The van der Waals surface area contributed by atoms with Gasteiger partial charge in [-0.3, -0.25) is 9.59 Å². The minimum atomic E-state index is -0.755. The van der Waals surface area contributed by atoms with Crippen LogP contribution in [0, 0.1) is 0 Å². The molecule has 1 amide bonds. The molecule has 8 nitrogen and oxygen atoms in total. The van der Waals surface area contributed by atoms with Crippen LogP contribution < -0.4 is 25.2 Å². The van der Waals surface area contributed by atoms with Crippen LogP contribution in [0.5, 0.6) is 17.2 Å². The third-order valence-corrected chi connectivity index (χ3v) is 4.46. The van der Waals surface area contributed by atoms with Crippen LogP contribution in [0.2, 0.25) is 0 Å². The zero-order valence-electron chi connectivity index (χ0n) is 18.2. The van der Waals surface area contributed by atoms with Gasteiger partial charge in [-0.1, -0.05) is 0 Å². The van der Waals surface area contributed by atoms with E-state index in [9.17, 15) is 14.4 Å². The van der Waals surface area contributed by atoms with Crippen molar-refractivity contribution >= 4 is 22.8 Å². The number of ether oxygens (including phenoxy) is 3. The highest BCUT2D eigenvalue weighted by molar-refractivity contribution is 5.96. The number of amides is 1. The Kier molecular flexibility index (Phi) is 7.49. The normalized spacial score (nSPS) is 10.8. The van der Waals surface area contributed by atoms with Crippen LogP contribution in [-0.4, -0.2) is 31.6 Å². The first-order valence-electron chi connectivity index (χ1n) is 10.2. The van der Waals surface area contributed by atoms with Crippen molar-refractivity contribution in [1.29, 1.82) is 0 Å². The molecule has 0 bridgehead atoms. The van der Waals surface area contributed by atoms with Gasteiger partial charge in [0.2, 0.25) is 0 Å². The molecule has 1 N–H and O–H groups in total. The Morgan fingerprint density at radius 2 is 1.69 bits per heavy atom. The van der Waals surface area contributed by atoms with Crippen molar-refractivity contribution in [3.63, 3.8) is 0 Å². The SMILES string of the molecule is COc1ccc(OCCCC(=O)Oc2ccc3cc(C(=O)NC(C)C)c(=O)oc3c2)cc1. The molecule has 0 saturated carbocycles. The van der Waals surface area contributed by atoms with E-state index in [4.69, 9.17) is 18.6 Å². The van der Waals surface area contributed by atoms with Crippen molar-refractivity contribution < 1.29 is 28.2 Å². The number of methoxy groups -OCH3 is 1. The van der Waals surface area contributed by atoms with Gasteiger partial charge in [0, 0.05) is 23.9 Å². The van der Waals surface area contributed by atoms with Gasteiger partial charge in [-0.05, 0) is 62.7 Å². The summed E-state index contributed by atoms with van der Waals surface area (Å²) in [7, 11) is 1.59. The Morgan fingerprint density at radius 1 is 1.00 bits per heavy atom. The van der Waals surface area contributed by atoms with E-state index in [1.165, 1.54) is 12.1 Å². The zero-order valence-corrected chi connectivity index (χ0v) is 18.2. The molecule has 0 saturated heterocycles. The first-order chi connectivity index (χ1) is 15.4. The minimum Gasteiger partial charge on any atom is -0.497 e. The number of carbonyl (C=O) groups is 2. The number of rotatable bonds is 9. The number of hydrogen-bond acceptors (Lipinski definition) is 7. The lowest BCUT2D eigenvalue weighted by atomic mass is 10.1. The highest BCUT2D eigenvalue weighted by Gasteiger charge is 2.15. The largest absolute Gasteiger partial charge is 0.497 e. The molecule has 0 unspecified atom stereocenters. The van der Waals surface area contributed by atoms with Crippen molar-refractivity contribution in [2.45, 2.75) is 32.7 Å². The van der Waals surface area contributed by atoms with Gasteiger partial charge in [0.15, 0.2) is 0 Å². The van der Waals surface area contributed by atoms with Gasteiger partial charge in [-0.15, -0.1) is 0 Å². The third-order valence-electron chi connectivity index (χ3n) is 4.46. The summed E-state index contributed by atoms with van der Waals surface area (Å²) >= 11 is 0. The Labute approximate surface area is 185 Å². The Balaban J connectivity index is 1.55. The van der Waals surface area contributed by atoms with Crippen LogP contribution >= 0.6 is 0 Å². The van der Waals surface area contributed by atoms with Crippen molar-refractivity contribution in [3.05, 3.63) is 64.5 Å². The van der Waals surface area contributed by atoms with E-state index in [0.717, 1.165) is 5.75 Å². The molecule has 2 aromatic carbocycles. The van der Waals surface area contributed by atoms with E-state index in [-0.39, 0.29) is 29.4 Å². The van der Waals surface area contributed by atoms with E-state index >= 15 is 0 Å². The van der Waals surface area contributed by atoms with Crippen LogP contribution in [0.15, 0.2) is 57.7 Å². The number of nitrogens with one attached hydrogen (secondary N) is 1. The molecule has 3 aromatic rings. The average Bonchev–Trinajstić information content (AvgIpc) is 2.76. The maximum Gasteiger partial charge on any atom is 0.349 e. The van der Waals surface area contributed by atoms with Gasteiger partial charge in [-0.25, -0.2) is 4.79 Å². The quantitative estimate of drug-likeness (QED) is 0.235. The van der Waals surface area contributed by atoms with Crippen molar-refractivity contribution in [2.24, 2.45) is 0 Å². The summed E-state index contributed by atoms with van der Waals surface area (Å²) in [6.45, 7) is 3.95. The first kappa shape index (κ1) is 22.9. The van der Waals surface area contributed by atoms with Gasteiger partial charge in [0.1, 0.15) is 28.4 Å². The minimum absolute atomic E-state index is 0.0761. The van der Waals surface area contributed by atoms with Crippen LogP contribution in [0.25, 0.3) is 11.0 Å². The van der Waals surface area contributed by atoms with E-state index in [1.807, 2.05) is 0 Å². The van der Waals surface area contributed by atoms with Crippen LogP contribution in [0.1, 0.15) is 37.0 Å². The number of esters is 1. The Bertz CT molecular complexity index is 1150. The smallest absolute Gasteiger partial charge is 0.349 e. The fourth-order valence-electron chi connectivity index (χ4n) is 2.91. The fourth-order valence-corrected chi connectivity index (χ4v) is 2.91. The van der Waals surface area contributed by atoms with Gasteiger partial charge >= 0.3 is 11.6 Å². The monoisotopic (exact) mass is 439 g/mol. The third kappa shape index (κ3) is 6.10. The van der Waals surface area contributed by atoms with Crippen LogP contribution in [0.3, 0.4) is 0 Å². The molecule has 1 aromatic heterocycles. The maximum atomic E-state index is 12.2. The summed E-state index contributed by atoms with van der Waals surface area (Å²) in [5.74, 6) is 0.745. The van der Waals surface area contributed by atoms with Crippen molar-refractivity contribution in [3.8, 4) is 17.2 Å². The molecule has 1 heterocycles. The first-order valence-corrected chi connectivity index (χ1v) is 10.2. The van der Waals surface area contributed by atoms with Gasteiger partial charge in [-0.2, -0.15) is 0 Å². The van der Waals surface area contributed by atoms with Crippen molar-refractivity contribution in [2.75, 3.05) is 13.7 Å². The zero-order chi connectivity index (χ0) is 23.1. The highest BCUT2D eigenvalue weighted by atomic mass is 16.5. The molecule has 0 aliphatic heterocycles. The summed E-state index contributed by atoms with van der Waals surface area (Å²) < 4.78 is 21.2. The number of carbonyl (C=O) groups excluding carboxylic acids is 2. The second-order valence-corrected chi connectivity index (χ2v) is 7.38. The summed E-state index contributed by atoms with van der Waals surface area (Å²) in [6, 6.07) is 13.2. The average molecular weight is 439 g/mol. The van der Waals surface area contributed by atoms with Crippen LogP contribution in [0.4, 0.5) is 0 Å². The Morgan fingerprint density at radius 3 is 2.38 bits per heavy atom. The summed E-state index contributed by atoms with van der Waals surface area (Å²) in [6.07, 6.45) is 0.633. The molecule has 0 atom stereocenters. The van der Waals surface area contributed by atoms with E-state index in [1.54, 1.807) is 57.4 Å². The molecule has 3 rings (SSSR count). The molecular weight excluding hydrogens is 414 g/mol. The number of benzene rings is 2. The highest BCUT2D eigenvalue weighted by Crippen LogP contribution is 2.21. The summed E-state index contributed by atoms with van der Waals surface area (Å²) in [5.41, 5.74) is -0.605. The molecular formula is C24H25NO7. The summed E-state index contributed by atoms with van der Waals surface area (Å²) in [4.78, 5) is 36.4. The fraction of sp³-hybridized carbons (Fsp3) is 0.292. The van der Waals surface area contributed by atoms with E-state index in [2.05, 4.69) is 5.32 Å². The number of hydrogen-bond donors (Lipinski definition) is 1. The molecule has 0 fully saturated rings. The van der Waals surface area contributed by atoms with Crippen LogP contribution in [-0.2, 0) is 4.79 Å². The molecule has 0 aliphatic rings. The molecule has 0 aliphatic carbocycles. The molecule has 32 heavy (non-hydrogen) atoms. The lowest BCUT2D eigenvalue weighted by Crippen LogP contribution is -2.33.